The molecule has 2 N–H and O–H groups in total. The number of hydrogen-bond donors (Lipinski definition) is 2. The molecule has 6 heteroatoms. The topological polar surface area (TPSA) is 53.6 Å². The number of rotatable bonds is 1. The normalized spacial score (nSPS) is 29.9. The molecule has 2 aliphatic rings. The summed E-state index contributed by atoms with van der Waals surface area (Å²) in [5.41, 5.74) is 0.456. The first-order valence-electron chi connectivity index (χ1n) is 9.89. The van der Waals surface area contributed by atoms with Crippen LogP contribution in [0, 0.1) is 23.0 Å². The predicted molar refractivity (Wildman–Crippen MR) is 102 cm³/mol. The summed E-state index contributed by atoms with van der Waals surface area (Å²) in [6.07, 6.45) is 5.19. The average Bonchev–Trinajstić information content (AvgIpc) is 2.88. The molecular weight excluding hydrogens is 349 g/mol. The number of halogens is 2. The summed E-state index contributed by atoms with van der Waals surface area (Å²) >= 11 is 0. The maximum absolute atomic E-state index is 14.4. The van der Waals surface area contributed by atoms with E-state index in [-0.39, 0.29) is 22.3 Å². The number of fused-ring (bicyclic) bond motifs is 5. The zero-order valence-corrected chi connectivity index (χ0v) is 16.4. The number of furan rings is 1. The summed E-state index contributed by atoms with van der Waals surface area (Å²) in [6.45, 7) is 8.91. The van der Waals surface area contributed by atoms with Gasteiger partial charge >= 0.3 is 7.12 Å². The lowest BCUT2D eigenvalue weighted by Crippen LogP contribution is -2.44. The van der Waals surface area contributed by atoms with Crippen LogP contribution in [0.5, 0.6) is 0 Å². The van der Waals surface area contributed by atoms with E-state index in [1.807, 2.05) is 0 Å². The summed E-state index contributed by atoms with van der Waals surface area (Å²) in [4.78, 5) is 0. The average molecular weight is 376 g/mol. The van der Waals surface area contributed by atoms with Gasteiger partial charge in [-0.15, -0.1) is 0 Å². The number of benzene rings is 1. The standard InChI is InChI=1S/C21H27BF2O3/c1-11-6-7-14-20(2,3)8-5-9-21(14,4)15-12-10-13(23)17(24)16(22(25)26)19(12)27-18(11)15/h10-11,14,25-26H,5-9H2,1-4H3. The van der Waals surface area contributed by atoms with E-state index in [1.165, 1.54) is 6.07 Å². The minimum atomic E-state index is -2.13. The summed E-state index contributed by atoms with van der Waals surface area (Å²) in [5.74, 6) is -1.06. The molecule has 0 aliphatic heterocycles. The zero-order chi connectivity index (χ0) is 19.7. The van der Waals surface area contributed by atoms with Gasteiger partial charge in [0.1, 0.15) is 11.3 Å². The van der Waals surface area contributed by atoms with Crippen LogP contribution in [0.2, 0.25) is 0 Å². The monoisotopic (exact) mass is 376 g/mol. The molecule has 27 heavy (non-hydrogen) atoms. The Hall–Kier alpha value is -1.40. The highest BCUT2D eigenvalue weighted by atomic mass is 19.2. The highest BCUT2D eigenvalue weighted by Crippen LogP contribution is 2.59. The Morgan fingerprint density at radius 3 is 2.52 bits per heavy atom. The van der Waals surface area contributed by atoms with Crippen LogP contribution in [0.25, 0.3) is 11.0 Å². The van der Waals surface area contributed by atoms with Gasteiger partial charge < -0.3 is 14.5 Å². The molecule has 1 fully saturated rings. The molecular formula is C21H27BF2O3. The fourth-order valence-electron chi connectivity index (χ4n) is 6.06. The van der Waals surface area contributed by atoms with Crippen molar-refractivity contribution in [3.05, 3.63) is 29.0 Å². The van der Waals surface area contributed by atoms with E-state index in [9.17, 15) is 18.8 Å². The maximum Gasteiger partial charge on any atom is 0.495 e. The molecule has 3 atom stereocenters. The first kappa shape index (κ1) is 18.9. The summed E-state index contributed by atoms with van der Waals surface area (Å²) in [5, 5.41) is 19.8. The third kappa shape index (κ3) is 2.60. The van der Waals surface area contributed by atoms with Crippen molar-refractivity contribution in [2.75, 3.05) is 0 Å². The lowest BCUT2D eigenvalue weighted by Gasteiger charge is -2.50. The Kier molecular flexibility index (Phi) is 4.24. The van der Waals surface area contributed by atoms with Gasteiger partial charge in [0.2, 0.25) is 0 Å². The van der Waals surface area contributed by atoms with Gasteiger partial charge in [-0.05, 0) is 48.5 Å². The molecule has 2 aromatic rings. The van der Waals surface area contributed by atoms with Crippen molar-refractivity contribution in [3.63, 3.8) is 0 Å². The Morgan fingerprint density at radius 2 is 1.85 bits per heavy atom. The largest absolute Gasteiger partial charge is 0.495 e. The van der Waals surface area contributed by atoms with Crippen LogP contribution in [-0.2, 0) is 5.41 Å². The maximum atomic E-state index is 14.4. The van der Waals surface area contributed by atoms with E-state index in [1.54, 1.807) is 0 Å². The highest BCUT2D eigenvalue weighted by Gasteiger charge is 2.51. The molecule has 2 aliphatic carbocycles. The molecule has 0 spiro atoms. The van der Waals surface area contributed by atoms with Crippen LogP contribution in [-0.4, -0.2) is 17.2 Å². The zero-order valence-electron chi connectivity index (χ0n) is 16.4. The van der Waals surface area contributed by atoms with Crippen LogP contribution in [0.15, 0.2) is 10.5 Å². The first-order valence-corrected chi connectivity index (χ1v) is 9.89. The van der Waals surface area contributed by atoms with Crippen molar-refractivity contribution >= 4 is 23.6 Å². The molecule has 1 saturated carbocycles. The smallest absolute Gasteiger partial charge is 0.461 e. The third-order valence-electron chi connectivity index (χ3n) is 7.33. The highest BCUT2D eigenvalue weighted by molar-refractivity contribution is 6.61. The molecule has 0 radical (unpaired) electrons. The molecule has 3 unspecified atom stereocenters. The van der Waals surface area contributed by atoms with E-state index < -0.39 is 24.2 Å². The molecule has 4 rings (SSSR count). The second-order valence-electron chi connectivity index (χ2n) is 9.47. The summed E-state index contributed by atoms with van der Waals surface area (Å²) < 4.78 is 34.8. The molecule has 146 valence electrons. The van der Waals surface area contributed by atoms with Gasteiger partial charge in [-0.3, -0.25) is 0 Å². The fraction of sp³-hybridized carbons (Fsp3) is 0.619. The first-order chi connectivity index (χ1) is 12.6. The Bertz CT molecular complexity index is 905. The van der Waals surface area contributed by atoms with Crippen LogP contribution in [0.1, 0.15) is 77.0 Å². The molecule has 0 bridgehead atoms. The Balaban J connectivity index is 2.08. The summed E-state index contributed by atoms with van der Waals surface area (Å²) in [6, 6.07) is 1.18. The van der Waals surface area contributed by atoms with Crippen LogP contribution < -0.4 is 5.46 Å². The second kappa shape index (κ2) is 6.05. The van der Waals surface area contributed by atoms with E-state index in [0.29, 0.717) is 11.3 Å². The van der Waals surface area contributed by atoms with Crippen molar-refractivity contribution in [3.8, 4) is 0 Å². The van der Waals surface area contributed by atoms with Gasteiger partial charge in [0.15, 0.2) is 11.6 Å². The van der Waals surface area contributed by atoms with Crippen molar-refractivity contribution in [1.29, 1.82) is 0 Å². The van der Waals surface area contributed by atoms with Crippen molar-refractivity contribution < 1.29 is 23.2 Å². The van der Waals surface area contributed by atoms with Gasteiger partial charge in [0.05, 0.1) is 5.46 Å². The predicted octanol–water partition coefficient (Wildman–Crippen LogP) is 4.37. The molecule has 0 amide bonds. The van der Waals surface area contributed by atoms with Crippen molar-refractivity contribution in [2.45, 2.75) is 71.1 Å². The van der Waals surface area contributed by atoms with Gasteiger partial charge in [0.25, 0.3) is 0 Å². The van der Waals surface area contributed by atoms with Gasteiger partial charge in [-0.2, -0.15) is 0 Å². The van der Waals surface area contributed by atoms with E-state index >= 15 is 0 Å². The Labute approximate surface area is 158 Å². The Morgan fingerprint density at radius 1 is 1.15 bits per heavy atom. The fourth-order valence-corrected chi connectivity index (χ4v) is 6.06. The molecule has 1 heterocycles. The van der Waals surface area contributed by atoms with E-state index in [4.69, 9.17) is 4.42 Å². The molecule has 0 saturated heterocycles. The lowest BCUT2D eigenvalue weighted by atomic mass is 9.53. The van der Waals surface area contributed by atoms with Crippen molar-refractivity contribution in [1.82, 2.24) is 0 Å². The van der Waals surface area contributed by atoms with Gasteiger partial charge in [0, 0.05) is 16.9 Å². The van der Waals surface area contributed by atoms with Gasteiger partial charge in [-0.1, -0.05) is 34.1 Å². The van der Waals surface area contributed by atoms with Crippen LogP contribution in [0.3, 0.4) is 0 Å². The minimum Gasteiger partial charge on any atom is -0.461 e. The van der Waals surface area contributed by atoms with Crippen LogP contribution in [0.4, 0.5) is 8.78 Å². The van der Waals surface area contributed by atoms with E-state index in [0.717, 1.165) is 43.4 Å². The van der Waals surface area contributed by atoms with E-state index in [2.05, 4.69) is 27.7 Å². The number of hydrogen-bond acceptors (Lipinski definition) is 3. The summed E-state index contributed by atoms with van der Waals surface area (Å²) in [7, 11) is -2.13. The third-order valence-corrected chi connectivity index (χ3v) is 7.33. The minimum absolute atomic E-state index is 0.0750. The quantitative estimate of drug-likeness (QED) is 0.727. The van der Waals surface area contributed by atoms with Gasteiger partial charge in [-0.25, -0.2) is 8.78 Å². The molecule has 1 aromatic heterocycles. The lowest BCUT2D eigenvalue weighted by molar-refractivity contribution is 0.0504. The van der Waals surface area contributed by atoms with Crippen molar-refractivity contribution in [2.24, 2.45) is 11.3 Å². The molecule has 3 nitrogen and oxygen atoms in total. The molecule has 1 aromatic carbocycles. The SMILES string of the molecule is CC1CCC2C(C)(C)CCCC2(C)c2c1oc1c(B(O)O)c(F)c(F)cc21. The van der Waals surface area contributed by atoms with Crippen LogP contribution >= 0.6 is 0 Å². The second-order valence-corrected chi connectivity index (χ2v) is 9.47.